The van der Waals surface area contributed by atoms with Crippen molar-refractivity contribution < 1.29 is 14.3 Å². The van der Waals surface area contributed by atoms with Crippen LogP contribution in [0.5, 0.6) is 5.75 Å². The van der Waals surface area contributed by atoms with E-state index in [2.05, 4.69) is 10.2 Å². The number of hydrogen-bond acceptors (Lipinski definition) is 4. The van der Waals surface area contributed by atoms with Crippen LogP contribution in [0.25, 0.3) is 0 Å². The Bertz CT molecular complexity index is 555. The van der Waals surface area contributed by atoms with E-state index in [0.29, 0.717) is 26.2 Å². The Kier molecular flexibility index (Phi) is 5.13. The number of amides is 2. The van der Waals surface area contributed by atoms with Crippen LogP contribution < -0.4 is 15.0 Å². The molecule has 2 amide bonds. The van der Waals surface area contributed by atoms with Crippen molar-refractivity contribution in [1.29, 1.82) is 0 Å². The fourth-order valence-corrected chi connectivity index (χ4v) is 2.50. The van der Waals surface area contributed by atoms with Crippen LogP contribution in [0.2, 0.25) is 0 Å². The summed E-state index contributed by atoms with van der Waals surface area (Å²) >= 11 is 0. The van der Waals surface area contributed by atoms with Gasteiger partial charge in [0.05, 0.1) is 7.11 Å². The van der Waals surface area contributed by atoms with Crippen molar-refractivity contribution in [2.75, 3.05) is 38.2 Å². The van der Waals surface area contributed by atoms with Crippen LogP contribution in [0.15, 0.2) is 24.3 Å². The van der Waals surface area contributed by atoms with Crippen LogP contribution in [0.3, 0.4) is 0 Å². The molecule has 1 fully saturated rings. The lowest BCUT2D eigenvalue weighted by atomic mass is 10.1. The first kappa shape index (κ1) is 17.1. The number of nitrogens with zero attached hydrogens (tertiary/aromatic N) is 2. The van der Waals surface area contributed by atoms with Gasteiger partial charge >= 0.3 is 11.8 Å². The van der Waals surface area contributed by atoms with E-state index in [1.807, 2.05) is 45.0 Å². The second-order valence-corrected chi connectivity index (χ2v) is 6.68. The third-order valence-electron chi connectivity index (χ3n) is 3.69. The van der Waals surface area contributed by atoms with Gasteiger partial charge in [-0.05, 0) is 45.0 Å². The number of methoxy groups -OCH3 is 1. The Morgan fingerprint density at radius 3 is 2.09 bits per heavy atom. The van der Waals surface area contributed by atoms with E-state index in [9.17, 15) is 9.59 Å². The molecule has 1 aromatic carbocycles. The summed E-state index contributed by atoms with van der Waals surface area (Å²) in [5.41, 5.74) is 0.689. The number of ether oxygens (including phenoxy) is 1. The molecule has 0 bridgehead atoms. The minimum atomic E-state index is -0.532. The third-order valence-corrected chi connectivity index (χ3v) is 3.69. The number of nitrogens with one attached hydrogen (secondary N) is 1. The van der Waals surface area contributed by atoms with E-state index in [4.69, 9.17) is 4.74 Å². The molecule has 6 heteroatoms. The molecule has 6 nitrogen and oxygen atoms in total. The van der Waals surface area contributed by atoms with E-state index >= 15 is 0 Å². The lowest BCUT2D eigenvalue weighted by Gasteiger charge is -2.36. The zero-order chi connectivity index (χ0) is 17.0. The molecule has 1 N–H and O–H groups in total. The summed E-state index contributed by atoms with van der Waals surface area (Å²) in [6, 6.07) is 7.85. The molecule has 0 unspecified atom stereocenters. The van der Waals surface area contributed by atoms with Crippen LogP contribution >= 0.6 is 0 Å². The number of carbonyl (C=O) groups excluding carboxylic acids is 2. The van der Waals surface area contributed by atoms with Crippen LogP contribution in [-0.2, 0) is 9.59 Å². The molecule has 1 heterocycles. The highest BCUT2D eigenvalue weighted by Gasteiger charge is 2.28. The summed E-state index contributed by atoms with van der Waals surface area (Å²) < 4.78 is 5.16. The molecular formula is C17H25N3O3. The largest absolute Gasteiger partial charge is 0.497 e. The standard InChI is InChI=1S/C17H25N3O3/c1-17(2,3)18-15(21)16(22)20-11-9-19(10-12-20)13-5-7-14(23-4)8-6-13/h5-8H,9-12H2,1-4H3,(H,18,21). The zero-order valence-electron chi connectivity index (χ0n) is 14.3. The van der Waals surface area contributed by atoms with E-state index in [0.717, 1.165) is 11.4 Å². The summed E-state index contributed by atoms with van der Waals surface area (Å²) in [6.07, 6.45) is 0. The predicted molar refractivity (Wildman–Crippen MR) is 89.7 cm³/mol. The maximum atomic E-state index is 12.2. The van der Waals surface area contributed by atoms with Gasteiger partial charge in [0.1, 0.15) is 5.75 Å². The lowest BCUT2D eigenvalue weighted by Crippen LogP contribution is -2.55. The first-order valence-electron chi connectivity index (χ1n) is 7.80. The van der Waals surface area contributed by atoms with Gasteiger partial charge in [-0.15, -0.1) is 0 Å². The quantitative estimate of drug-likeness (QED) is 0.834. The smallest absolute Gasteiger partial charge is 0.312 e. The molecule has 0 spiro atoms. The Morgan fingerprint density at radius 1 is 1.04 bits per heavy atom. The van der Waals surface area contributed by atoms with Gasteiger partial charge in [-0.1, -0.05) is 0 Å². The van der Waals surface area contributed by atoms with Crippen molar-refractivity contribution >= 4 is 17.5 Å². The maximum absolute atomic E-state index is 12.2. The van der Waals surface area contributed by atoms with Crippen LogP contribution in [0.1, 0.15) is 20.8 Å². The van der Waals surface area contributed by atoms with Gasteiger partial charge in [-0.25, -0.2) is 0 Å². The van der Waals surface area contributed by atoms with E-state index in [-0.39, 0.29) is 0 Å². The van der Waals surface area contributed by atoms with Crippen LogP contribution in [0, 0.1) is 0 Å². The number of hydrogen-bond donors (Lipinski definition) is 1. The molecule has 0 saturated carbocycles. The van der Waals surface area contributed by atoms with Gasteiger partial charge in [0.25, 0.3) is 0 Å². The number of piperazine rings is 1. The summed E-state index contributed by atoms with van der Waals surface area (Å²) in [7, 11) is 1.64. The second kappa shape index (κ2) is 6.89. The van der Waals surface area contributed by atoms with Gasteiger partial charge in [-0.3, -0.25) is 9.59 Å². The van der Waals surface area contributed by atoms with Crippen molar-refractivity contribution in [2.45, 2.75) is 26.3 Å². The summed E-state index contributed by atoms with van der Waals surface area (Å²) in [4.78, 5) is 27.9. The van der Waals surface area contributed by atoms with Gasteiger partial charge in [0.2, 0.25) is 0 Å². The second-order valence-electron chi connectivity index (χ2n) is 6.68. The van der Waals surface area contributed by atoms with E-state index < -0.39 is 17.4 Å². The Labute approximate surface area is 137 Å². The molecule has 1 aromatic rings. The fraction of sp³-hybridized carbons (Fsp3) is 0.529. The monoisotopic (exact) mass is 319 g/mol. The van der Waals surface area contributed by atoms with E-state index in [1.165, 1.54) is 0 Å². The average Bonchev–Trinajstić information content (AvgIpc) is 2.53. The molecule has 0 atom stereocenters. The van der Waals surface area contributed by atoms with Crippen molar-refractivity contribution in [2.24, 2.45) is 0 Å². The normalized spacial score (nSPS) is 15.3. The topological polar surface area (TPSA) is 61.9 Å². The van der Waals surface area contributed by atoms with E-state index in [1.54, 1.807) is 12.0 Å². The molecule has 1 aliphatic heterocycles. The zero-order valence-corrected chi connectivity index (χ0v) is 14.3. The number of carbonyl (C=O) groups is 2. The number of rotatable bonds is 2. The molecule has 1 aliphatic rings. The molecule has 1 saturated heterocycles. The molecule has 2 rings (SSSR count). The minimum Gasteiger partial charge on any atom is -0.497 e. The average molecular weight is 319 g/mol. The molecule has 0 radical (unpaired) electrons. The highest BCUT2D eigenvalue weighted by molar-refractivity contribution is 6.35. The summed E-state index contributed by atoms with van der Waals surface area (Å²) in [5, 5.41) is 2.71. The SMILES string of the molecule is COc1ccc(N2CCN(C(=O)C(=O)NC(C)(C)C)CC2)cc1. The number of anilines is 1. The Balaban J connectivity index is 1.90. The Morgan fingerprint density at radius 2 is 1.61 bits per heavy atom. The molecule has 0 aromatic heterocycles. The predicted octanol–water partition coefficient (Wildman–Crippen LogP) is 1.26. The van der Waals surface area contributed by atoms with Crippen LogP contribution in [0.4, 0.5) is 5.69 Å². The first-order chi connectivity index (χ1) is 10.8. The minimum absolute atomic E-state index is 0.405. The summed E-state index contributed by atoms with van der Waals surface area (Å²) in [6.45, 7) is 8.09. The van der Waals surface area contributed by atoms with Gasteiger partial charge in [0.15, 0.2) is 0 Å². The molecule has 23 heavy (non-hydrogen) atoms. The van der Waals surface area contributed by atoms with Crippen molar-refractivity contribution in [3.05, 3.63) is 24.3 Å². The Hall–Kier alpha value is -2.24. The van der Waals surface area contributed by atoms with Gasteiger partial charge in [-0.2, -0.15) is 0 Å². The highest BCUT2D eigenvalue weighted by atomic mass is 16.5. The van der Waals surface area contributed by atoms with Crippen molar-refractivity contribution in [3.8, 4) is 5.75 Å². The lowest BCUT2D eigenvalue weighted by molar-refractivity contribution is -0.146. The molecule has 126 valence electrons. The molecular weight excluding hydrogens is 294 g/mol. The maximum Gasteiger partial charge on any atom is 0.312 e. The number of benzene rings is 1. The van der Waals surface area contributed by atoms with Gasteiger partial charge < -0.3 is 19.9 Å². The van der Waals surface area contributed by atoms with Gasteiger partial charge in [0, 0.05) is 37.4 Å². The van der Waals surface area contributed by atoms with Crippen LogP contribution in [-0.4, -0.2) is 55.5 Å². The fourth-order valence-electron chi connectivity index (χ4n) is 2.50. The van der Waals surface area contributed by atoms with Crippen molar-refractivity contribution in [1.82, 2.24) is 10.2 Å². The molecule has 0 aliphatic carbocycles. The summed E-state index contributed by atoms with van der Waals surface area (Å²) in [5.74, 6) is -0.161. The van der Waals surface area contributed by atoms with Crippen molar-refractivity contribution in [3.63, 3.8) is 0 Å². The third kappa shape index (κ3) is 4.61. The first-order valence-corrected chi connectivity index (χ1v) is 7.80. The highest BCUT2D eigenvalue weighted by Crippen LogP contribution is 2.20.